The third-order valence-corrected chi connectivity index (χ3v) is 4.16. The average molecular weight is 251 g/mol. The molecule has 0 unspecified atom stereocenters. The molecule has 0 aliphatic carbocycles. The molecule has 1 saturated heterocycles. The second-order valence-electron chi connectivity index (χ2n) is 5.19. The Kier molecular flexibility index (Phi) is 3.63. The molecule has 0 bridgehead atoms. The molecule has 0 spiro atoms. The van der Waals surface area contributed by atoms with Crippen molar-refractivity contribution in [3.8, 4) is 0 Å². The maximum Gasteiger partial charge on any atom is 0.0587 e. The highest BCUT2D eigenvalue weighted by Gasteiger charge is 2.30. The number of aryl methyl sites for hydroxylation is 1. The van der Waals surface area contributed by atoms with Gasteiger partial charge in [-0.2, -0.15) is 5.10 Å². The standard InChI is InChI=1S/C13H21N3O2/c17-10-13-2-6-16-12(1-5-14-16)9-15(13)11-3-7-18-8-4-11/h1,5,11,13,17H,2-4,6-10H2/t13-/m1/s1. The van der Waals surface area contributed by atoms with Gasteiger partial charge in [0, 0.05) is 44.6 Å². The maximum absolute atomic E-state index is 9.63. The van der Waals surface area contributed by atoms with Gasteiger partial charge in [0.05, 0.1) is 12.3 Å². The van der Waals surface area contributed by atoms with E-state index in [0.29, 0.717) is 6.04 Å². The second-order valence-corrected chi connectivity index (χ2v) is 5.19. The summed E-state index contributed by atoms with van der Waals surface area (Å²) in [5.41, 5.74) is 1.26. The van der Waals surface area contributed by atoms with Crippen molar-refractivity contribution in [1.29, 1.82) is 0 Å². The van der Waals surface area contributed by atoms with Gasteiger partial charge in [0.1, 0.15) is 0 Å². The Morgan fingerprint density at radius 2 is 2.17 bits per heavy atom. The van der Waals surface area contributed by atoms with Gasteiger partial charge >= 0.3 is 0 Å². The zero-order valence-corrected chi connectivity index (χ0v) is 10.7. The number of aromatic nitrogens is 2. The van der Waals surface area contributed by atoms with Crippen LogP contribution < -0.4 is 0 Å². The Hall–Kier alpha value is -0.910. The summed E-state index contributed by atoms with van der Waals surface area (Å²) in [6.45, 7) is 3.74. The van der Waals surface area contributed by atoms with E-state index in [-0.39, 0.29) is 12.6 Å². The largest absolute Gasteiger partial charge is 0.395 e. The zero-order chi connectivity index (χ0) is 12.4. The number of nitrogens with zero attached hydrogens (tertiary/aromatic N) is 3. The monoisotopic (exact) mass is 251 g/mol. The lowest BCUT2D eigenvalue weighted by atomic mass is 10.0. The maximum atomic E-state index is 9.63. The summed E-state index contributed by atoms with van der Waals surface area (Å²) in [6, 6.07) is 2.89. The van der Waals surface area contributed by atoms with Crippen LogP contribution in [0.2, 0.25) is 0 Å². The molecule has 1 fully saturated rings. The van der Waals surface area contributed by atoms with E-state index in [4.69, 9.17) is 4.74 Å². The molecule has 1 aromatic rings. The summed E-state index contributed by atoms with van der Waals surface area (Å²) in [5, 5.41) is 14.0. The molecule has 5 nitrogen and oxygen atoms in total. The number of rotatable bonds is 2. The fraction of sp³-hybridized carbons (Fsp3) is 0.769. The van der Waals surface area contributed by atoms with Crippen LogP contribution in [0.3, 0.4) is 0 Å². The first-order chi connectivity index (χ1) is 8.88. The summed E-state index contributed by atoms with van der Waals surface area (Å²) in [7, 11) is 0. The van der Waals surface area contributed by atoms with E-state index in [1.165, 1.54) is 5.69 Å². The van der Waals surface area contributed by atoms with Crippen LogP contribution in [-0.2, 0) is 17.8 Å². The van der Waals surface area contributed by atoms with Crippen LogP contribution in [0, 0.1) is 0 Å². The van der Waals surface area contributed by atoms with E-state index in [0.717, 1.165) is 45.6 Å². The number of hydrogen-bond donors (Lipinski definition) is 1. The third-order valence-electron chi connectivity index (χ3n) is 4.16. The molecule has 1 N–H and O–H groups in total. The number of ether oxygens (including phenoxy) is 1. The number of aliphatic hydroxyl groups excluding tert-OH is 1. The van der Waals surface area contributed by atoms with Crippen LogP contribution in [0.5, 0.6) is 0 Å². The first-order valence-corrected chi connectivity index (χ1v) is 6.83. The van der Waals surface area contributed by atoms with E-state index >= 15 is 0 Å². The summed E-state index contributed by atoms with van der Waals surface area (Å²) >= 11 is 0. The van der Waals surface area contributed by atoms with Gasteiger partial charge in [-0.25, -0.2) is 0 Å². The van der Waals surface area contributed by atoms with E-state index in [2.05, 4.69) is 20.7 Å². The smallest absolute Gasteiger partial charge is 0.0587 e. The molecule has 2 aliphatic rings. The summed E-state index contributed by atoms with van der Waals surface area (Å²) in [6.07, 6.45) is 4.99. The van der Waals surface area contributed by atoms with Crippen LogP contribution in [-0.4, -0.2) is 51.7 Å². The quantitative estimate of drug-likeness (QED) is 0.837. The summed E-state index contributed by atoms with van der Waals surface area (Å²) < 4.78 is 7.51. The van der Waals surface area contributed by atoms with Gasteiger partial charge in [-0.05, 0) is 25.3 Å². The SMILES string of the molecule is OC[C@H]1CCn2nccc2CN1C1CCOCC1. The molecule has 3 rings (SSSR count). The van der Waals surface area contributed by atoms with Gasteiger partial charge in [0.25, 0.3) is 0 Å². The predicted octanol–water partition coefficient (Wildman–Crippen LogP) is 0.629. The Morgan fingerprint density at radius 1 is 1.33 bits per heavy atom. The van der Waals surface area contributed by atoms with E-state index < -0.39 is 0 Å². The molecule has 3 heterocycles. The van der Waals surface area contributed by atoms with E-state index in [9.17, 15) is 5.11 Å². The molecule has 0 amide bonds. The van der Waals surface area contributed by atoms with Crippen molar-refractivity contribution in [2.24, 2.45) is 0 Å². The van der Waals surface area contributed by atoms with E-state index in [1.807, 2.05) is 6.20 Å². The normalized spacial score (nSPS) is 26.8. The Bertz CT molecular complexity index is 387. The van der Waals surface area contributed by atoms with Gasteiger partial charge in [-0.3, -0.25) is 9.58 Å². The lowest BCUT2D eigenvalue weighted by Gasteiger charge is -2.37. The average Bonchev–Trinajstić information content (AvgIpc) is 2.79. The van der Waals surface area contributed by atoms with Crippen LogP contribution in [0.4, 0.5) is 0 Å². The van der Waals surface area contributed by atoms with Crippen molar-refractivity contribution < 1.29 is 9.84 Å². The minimum absolute atomic E-state index is 0.238. The molecule has 18 heavy (non-hydrogen) atoms. The molecular formula is C13H21N3O2. The van der Waals surface area contributed by atoms with Crippen LogP contribution in [0.1, 0.15) is 25.0 Å². The fourth-order valence-electron chi connectivity index (χ4n) is 3.09. The van der Waals surface area contributed by atoms with Gasteiger partial charge in [0.2, 0.25) is 0 Å². The summed E-state index contributed by atoms with van der Waals surface area (Å²) in [5.74, 6) is 0. The molecule has 0 saturated carbocycles. The number of fused-ring (bicyclic) bond motifs is 1. The molecule has 100 valence electrons. The van der Waals surface area contributed by atoms with Crippen molar-refractivity contribution >= 4 is 0 Å². The topological polar surface area (TPSA) is 50.5 Å². The molecule has 0 aromatic carbocycles. The molecule has 2 aliphatic heterocycles. The highest BCUT2D eigenvalue weighted by molar-refractivity contribution is 5.03. The van der Waals surface area contributed by atoms with Crippen LogP contribution in [0.25, 0.3) is 0 Å². The first kappa shape index (κ1) is 12.1. The number of aliphatic hydroxyl groups is 1. The molecule has 0 radical (unpaired) electrons. The van der Waals surface area contributed by atoms with Gasteiger partial charge < -0.3 is 9.84 Å². The predicted molar refractivity (Wildman–Crippen MR) is 67.1 cm³/mol. The van der Waals surface area contributed by atoms with Gasteiger partial charge in [-0.15, -0.1) is 0 Å². The fourth-order valence-corrected chi connectivity index (χ4v) is 3.09. The second kappa shape index (κ2) is 5.38. The van der Waals surface area contributed by atoms with Crippen molar-refractivity contribution in [1.82, 2.24) is 14.7 Å². The summed E-state index contributed by atoms with van der Waals surface area (Å²) in [4.78, 5) is 2.46. The molecule has 1 aromatic heterocycles. The molecule has 1 atom stereocenters. The number of hydrogen-bond acceptors (Lipinski definition) is 4. The zero-order valence-electron chi connectivity index (χ0n) is 10.7. The molecular weight excluding hydrogens is 230 g/mol. The van der Waals surface area contributed by atoms with Crippen LogP contribution >= 0.6 is 0 Å². The minimum Gasteiger partial charge on any atom is -0.395 e. The Morgan fingerprint density at radius 3 is 2.94 bits per heavy atom. The lowest BCUT2D eigenvalue weighted by Crippen LogP contribution is -2.46. The van der Waals surface area contributed by atoms with Crippen LogP contribution in [0.15, 0.2) is 12.3 Å². The minimum atomic E-state index is 0.238. The highest BCUT2D eigenvalue weighted by Crippen LogP contribution is 2.24. The first-order valence-electron chi connectivity index (χ1n) is 6.83. The van der Waals surface area contributed by atoms with Gasteiger partial charge in [0.15, 0.2) is 0 Å². The Balaban J connectivity index is 1.80. The molecule has 5 heteroatoms. The van der Waals surface area contributed by atoms with Crippen molar-refractivity contribution in [2.45, 2.75) is 44.4 Å². The van der Waals surface area contributed by atoms with Gasteiger partial charge in [-0.1, -0.05) is 0 Å². The lowest BCUT2D eigenvalue weighted by molar-refractivity contribution is -0.000320. The Labute approximate surface area is 107 Å². The highest BCUT2D eigenvalue weighted by atomic mass is 16.5. The third kappa shape index (κ3) is 2.30. The van der Waals surface area contributed by atoms with Crippen molar-refractivity contribution in [3.63, 3.8) is 0 Å². The van der Waals surface area contributed by atoms with Crippen molar-refractivity contribution in [2.75, 3.05) is 19.8 Å². The van der Waals surface area contributed by atoms with E-state index in [1.54, 1.807) is 0 Å². The van der Waals surface area contributed by atoms with Crippen molar-refractivity contribution in [3.05, 3.63) is 18.0 Å².